The molecule has 28 heavy (non-hydrogen) atoms. The standard InChI is InChI=1S/C21H18ClN5O/c1-2-27-13-14(12-25-27)11-24-21(28)18-10-20(15-5-7-23-8-6-15)26-19-4-3-16(22)9-17(18)19/h3-10,12-13H,2,11H2,1H3,(H,24,28). The second kappa shape index (κ2) is 7.78. The summed E-state index contributed by atoms with van der Waals surface area (Å²) in [6.45, 7) is 3.20. The van der Waals surface area contributed by atoms with Crippen LogP contribution >= 0.6 is 11.6 Å². The number of rotatable bonds is 5. The number of aromatic nitrogens is 4. The number of nitrogens with one attached hydrogen (secondary N) is 1. The number of aryl methyl sites for hydroxylation is 1. The van der Waals surface area contributed by atoms with Crippen molar-refractivity contribution in [3.05, 3.63) is 77.3 Å². The quantitative estimate of drug-likeness (QED) is 0.556. The van der Waals surface area contributed by atoms with E-state index in [2.05, 4.69) is 20.4 Å². The van der Waals surface area contributed by atoms with E-state index in [1.807, 2.05) is 36.0 Å². The Morgan fingerprint density at radius 3 is 2.75 bits per heavy atom. The van der Waals surface area contributed by atoms with Crippen LogP contribution in [-0.4, -0.2) is 25.7 Å². The van der Waals surface area contributed by atoms with E-state index in [-0.39, 0.29) is 5.91 Å². The third-order valence-corrected chi connectivity index (χ3v) is 4.69. The maximum atomic E-state index is 13.0. The third kappa shape index (κ3) is 3.73. The fraction of sp³-hybridized carbons (Fsp3) is 0.143. The molecule has 0 aliphatic heterocycles. The zero-order chi connectivity index (χ0) is 19.5. The van der Waals surface area contributed by atoms with Gasteiger partial charge in [0.2, 0.25) is 0 Å². The molecular formula is C21H18ClN5O. The molecule has 0 saturated carbocycles. The smallest absolute Gasteiger partial charge is 0.252 e. The van der Waals surface area contributed by atoms with Gasteiger partial charge in [-0.05, 0) is 43.3 Å². The minimum Gasteiger partial charge on any atom is -0.348 e. The Labute approximate surface area is 167 Å². The summed E-state index contributed by atoms with van der Waals surface area (Å²) in [5, 5.41) is 8.47. The molecule has 0 aliphatic rings. The Hall–Kier alpha value is -3.25. The number of fused-ring (bicyclic) bond motifs is 1. The van der Waals surface area contributed by atoms with E-state index < -0.39 is 0 Å². The lowest BCUT2D eigenvalue weighted by Crippen LogP contribution is -2.23. The van der Waals surface area contributed by atoms with E-state index in [4.69, 9.17) is 11.6 Å². The van der Waals surface area contributed by atoms with Crippen LogP contribution < -0.4 is 5.32 Å². The fourth-order valence-corrected chi connectivity index (χ4v) is 3.18. The predicted octanol–water partition coefficient (Wildman–Crippen LogP) is 4.10. The number of carbonyl (C=O) groups is 1. The van der Waals surface area contributed by atoms with Crippen LogP contribution in [0.3, 0.4) is 0 Å². The minimum absolute atomic E-state index is 0.186. The number of pyridine rings is 2. The molecular weight excluding hydrogens is 374 g/mol. The lowest BCUT2D eigenvalue weighted by molar-refractivity contribution is 0.0952. The van der Waals surface area contributed by atoms with Gasteiger partial charge in [0.25, 0.3) is 5.91 Å². The van der Waals surface area contributed by atoms with Crippen molar-refractivity contribution in [3.8, 4) is 11.3 Å². The maximum Gasteiger partial charge on any atom is 0.252 e. The zero-order valence-electron chi connectivity index (χ0n) is 15.3. The molecule has 0 fully saturated rings. The van der Waals surface area contributed by atoms with Crippen LogP contribution in [0.4, 0.5) is 0 Å². The number of amides is 1. The third-order valence-electron chi connectivity index (χ3n) is 4.46. The molecule has 3 aromatic heterocycles. The van der Waals surface area contributed by atoms with Crippen molar-refractivity contribution in [2.24, 2.45) is 0 Å². The number of nitrogens with zero attached hydrogens (tertiary/aromatic N) is 4. The molecule has 3 heterocycles. The van der Waals surface area contributed by atoms with Gasteiger partial charge < -0.3 is 5.32 Å². The molecule has 4 rings (SSSR count). The second-order valence-corrected chi connectivity index (χ2v) is 6.78. The van der Waals surface area contributed by atoms with Crippen molar-refractivity contribution < 1.29 is 4.79 Å². The number of hydrogen-bond donors (Lipinski definition) is 1. The average molecular weight is 392 g/mol. The van der Waals surface area contributed by atoms with Gasteiger partial charge in [-0.1, -0.05) is 11.6 Å². The molecule has 0 atom stereocenters. The van der Waals surface area contributed by atoms with Gasteiger partial charge in [-0.3, -0.25) is 14.5 Å². The van der Waals surface area contributed by atoms with Gasteiger partial charge in [0.15, 0.2) is 0 Å². The SMILES string of the molecule is CCn1cc(CNC(=O)c2cc(-c3ccncc3)nc3ccc(Cl)cc23)cn1. The number of halogens is 1. The van der Waals surface area contributed by atoms with E-state index >= 15 is 0 Å². The molecule has 1 aromatic carbocycles. The van der Waals surface area contributed by atoms with E-state index in [1.165, 1.54) is 0 Å². The maximum absolute atomic E-state index is 13.0. The molecule has 0 unspecified atom stereocenters. The number of carbonyl (C=O) groups excluding carboxylic acids is 1. The van der Waals surface area contributed by atoms with Crippen LogP contribution in [-0.2, 0) is 13.1 Å². The monoisotopic (exact) mass is 391 g/mol. The Kier molecular flexibility index (Phi) is 5.04. The Bertz CT molecular complexity index is 1140. The summed E-state index contributed by atoms with van der Waals surface area (Å²) in [4.78, 5) is 21.7. The van der Waals surface area contributed by atoms with Crippen molar-refractivity contribution in [2.45, 2.75) is 20.0 Å². The molecule has 7 heteroatoms. The molecule has 0 saturated heterocycles. The first kappa shape index (κ1) is 18.1. The Morgan fingerprint density at radius 2 is 2.00 bits per heavy atom. The largest absolute Gasteiger partial charge is 0.348 e. The van der Waals surface area contributed by atoms with Crippen LogP contribution in [0.1, 0.15) is 22.8 Å². The fourth-order valence-electron chi connectivity index (χ4n) is 3.00. The van der Waals surface area contributed by atoms with Crippen molar-refractivity contribution in [2.75, 3.05) is 0 Å². The summed E-state index contributed by atoms with van der Waals surface area (Å²) in [7, 11) is 0. The normalized spacial score (nSPS) is 10.9. The summed E-state index contributed by atoms with van der Waals surface area (Å²) in [5.41, 5.74) is 3.79. The van der Waals surface area contributed by atoms with Crippen LogP contribution in [0.15, 0.2) is 61.2 Å². The molecule has 0 aliphatic carbocycles. The van der Waals surface area contributed by atoms with Gasteiger partial charge in [0.05, 0.1) is 23.0 Å². The van der Waals surface area contributed by atoms with Gasteiger partial charge in [0, 0.05) is 53.2 Å². The number of hydrogen-bond acceptors (Lipinski definition) is 4. The van der Waals surface area contributed by atoms with Gasteiger partial charge >= 0.3 is 0 Å². The van der Waals surface area contributed by atoms with Crippen molar-refractivity contribution in [1.29, 1.82) is 0 Å². The first-order valence-electron chi connectivity index (χ1n) is 8.94. The lowest BCUT2D eigenvalue weighted by atomic mass is 10.0. The molecule has 1 amide bonds. The summed E-state index contributed by atoms with van der Waals surface area (Å²) < 4.78 is 1.82. The molecule has 0 radical (unpaired) electrons. The van der Waals surface area contributed by atoms with Gasteiger partial charge in [-0.2, -0.15) is 5.10 Å². The predicted molar refractivity (Wildman–Crippen MR) is 109 cm³/mol. The first-order valence-corrected chi connectivity index (χ1v) is 9.32. The highest BCUT2D eigenvalue weighted by molar-refractivity contribution is 6.31. The molecule has 140 valence electrons. The summed E-state index contributed by atoms with van der Waals surface area (Å²) in [5.74, 6) is -0.186. The molecule has 4 aromatic rings. The van der Waals surface area contributed by atoms with Gasteiger partial charge in [0.1, 0.15) is 0 Å². The Balaban J connectivity index is 1.71. The topological polar surface area (TPSA) is 72.7 Å². The number of benzene rings is 1. The van der Waals surface area contributed by atoms with Crippen LogP contribution in [0.2, 0.25) is 5.02 Å². The highest BCUT2D eigenvalue weighted by atomic mass is 35.5. The Morgan fingerprint density at radius 1 is 1.18 bits per heavy atom. The first-order chi connectivity index (χ1) is 13.6. The molecule has 0 bridgehead atoms. The van der Waals surface area contributed by atoms with E-state index in [9.17, 15) is 4.79 Å². The summed E-state index contributed by atoms with van der Waals surface area (Å²) >= 11 is 6.17. The highest BCUT2D eigenvalue weighted by Gasteiger charge is 2.15. The van der Waals surface area contributed by atoms with Crippen LogP contribution in [0.5, 0.6) is 0 Å². The zero-order valence-corrected chi connectivity index (χ0v) is 16.0. The minimum atomic E-state index is -0.186. The average Bonchev–Trinajstić information content (AvgIpc) is 3.20. The lowest BCUT2D eigenvalue weighted by Gasteiger charge is -2.10. The molecule has 1 N–H and O–H groups in total. The van der Waals surface area contributed by atoms with E-state index in [0.717, 1.165) is 17.7 Å². The van der Waals surface area contributed by atoms with E-state index in [0.29, 0.717) is 33.7 Å². The van der Waals surface area contributed by atoms with Gasteiger partial charge in [-0.15, -0.1) is 0 Å². The van der Waals surface area contributed by atoms with Crippen molar-refractivity contribution >= 4 is 28.4 Å². The van der Waals surface area contributed by atoms with Crippen LogP contribution in [0, 0.1) is 0 Å². The summed E-state index contributed by atoms with van der Waals surface area (Å²) in [6.07, 6.45) is 7.08. The van der Waals surface area contributed by atoms with Crippen molar-refractivity contribution in [1.82, 2.24) is 25.1 Å². The second-order valence-electron chi connectivity index (χ2n) is 6.34. The summed E-state index contributed by atoms with van der Waals surface area (Å²) in [6, 6.07) is 10.9. The highest BCUT2D eigenvalue weighted by Crippen LogP contribution is 2.27. The van der Waals surface area contributed by atoms with Gasteiger partial charge in [-0.25, -0.2) is 4.98 Å². The molecule has 0 spiro atoms. The van der Waals surface area contributed by atoms with E-state index in [1.54, 1.807) is 36.8 Å². The van der Waals surface area contributed by atoms with Crippen LogP contribution in [0.25, 0.3) is 22.2 Å². The van der Waals surface area contributed by atoms with Crippen molar-refractivity contribution in [3.63, 3.8) is 0 Å². The molecule has 6 nitrogen and oxygen atoms in total.